The van der Waals surface area contributed by atoms with E-state index < -0.39 is 12.1 Å². The molecule has 160 valence electrons. The number of halogens is 3. The molecule has 0 aromatic carbocycles. The molecule has 1 fully saturated rings. The summed E-state index contributed by atoms with van der Waals surface area (Å²) in [6, 6.07) is 5.62. The van der Waals surface area contributed by atoms with Crippen molar-refractivity contribution in [2.24, 2.45) is 5.92 Å². The Morgan fingerprint density at radius 3 is 2.94 bits per heavy atom. The van der Waals surface area contributed by atoms with Crippen molar-refractivity contribution in [3.05, 3.63) is 42.6 Å². The van der Waals surface area contributed by atoms with Crippen LogP contribution in [0.15, 0.2) is 36.8 Å². The van der Waals surface area contributed by atoms with Gasteiger partial charge in [-0.3, -0.25) is 9.78 Å². The van der Waals surface area contributed by atoms with E-state index in [1.807, 2.05) is 18.2 Å². The number of piperidine rings is 1. The number of imidazole rings is 1. The molecule has 1 atom stereocenters. The number of H-pyrrole nitrogens is 1. The fourth-order valence-corrected chi connectivity index (χ4v) is 4.31. The van der Waals surface area contributed by atoms with Gasteiger partial charge in [0.15, 0.2) is 0 Å². The van der Waals surface area contributed by atoms with Gasteiger partial charge in [0.2, 0.25) is 0 Å². The van der Waals surface area contributed by atoms with E-state index in [2.05, 4.69) is 20.3 Å². The zero-order valence-electron chi connectivity index (χ0n) is 16.4. The Morgan fingerprint density at radius 2 is 2.10 bits per heavy atom. The van der Waals surface area contributed by atoms with Crippen LogP contribution in [0.2, 0.25) is 0 Å². The van der Waals surface area contributed by atoms with Crippen molar-refractivity contribution in [3.8, 4) is 22.5 Å². The van der Waals surface area contributed by atoms with Gasteiger partial charge in [-0.05, 0) is 37.0 Å². The highest BCUT2D eigenvalue weighted by molar-refractivity contribution is 5.94. The first kappa shape index (κ1) is 19.5. The van der Waals surface area contributed by atoms with Gasteiger partial charge in [-0.25, -0.2) is 9.97 Å². The molecule has 0 radical (unpaired) electrons. The zero-order chi connectivity index (χ0) is 21.6. The van der Waals surface area contributed by atoms with Crippen LogP contribution in [-0.2, 0) is 11.2 Å². The summed E-state index contributed by atoms with van der Waals surface area (Å²) < 4.78 is 38.5. The van der Waals surface area contributed by atoms with Crippen LogP contribution in [0.4, 0.5) is 24.7 Å². The number of hydrogen-bond donors (Lipinski definition) is 2. The standard InChI is InChI=1S/C21H19F3N6O/c22-21(23,24)20(31)30-8-2-3-12(11-30)9-16-28-17-13-5-7-25-10-15(13)27-19-14(18(17)29-16)4-1-6-26-19/h1,4-7,10,12H,2-3,8-9,11H2,(H,26,27)(H,28,29). The number of aromatic nitrogens is 4. The normalized spacial score (nSPS) is 17.8. The van der Waals surface area contributed by atoms with E-state index in [1.165, 1.54) is 0 Å². The zero-order valence-corrected chi connectivity index (χ0v) is 16.4. The molecule has 3 aromatic heterocycles. The summed E-state index contributed by atoms with van der Waals surface area (Å²) in [6.45, 7) is 0.207. The Bertz CT molecular complexity index is 1080. The van der Waals surface area contributed by atoms with E-state index in [-0.39, 0.29) is 19.0 Å². The second-order valence-corrected chi connectivity index (χ2v) is 7.81. The molecule has 2 aliphatic heterocycles. The number of carbonyl (C=O) groups excluding carboxylic acids is 1. The number of alkyl halides is 3. The second kappa shape index (κ2) is 7.36. The summed E-state index contributed by atoms with van der Waals surface area (Å²) in [6.07, 6.45) is 1.99. The van der Waals surface area contributed by atoms with Crippen molar-refractivity contribution in [2.75, 3.05) is 18.4 Å². The fraction of sp³-hybridized carbons (Fsp3) is 0.333. The molecule has 1 unspecified atom stereocenters. The number of anilines is 2. The number of pyridine rings is 2. The average Bonchev–Trinajstić information content (AvgIpc) is 3.11. The van der Waals surface area contributed by atoms with Crippen LogP contribution in [0, 0.1) is 5.92 Å². The van der Waals surface area contributed by atoms with Crippen LogP contribution in [0.3, 0.4) is 0 Å². The smallest absolute Gasteiger partial charge is 0.341 e. The predicted octanol–water partition coefficient (Wildman–Crippen LogP) is 3.93. The first-order chi connectivity index (χ1) is 14.9. The number of fused-ring (bicyclic) bond motifs is 5. The SMILES string of the molecule is O=C(N1CCCC(Cc2nc3c([nH]2)-c2ccncc2Nc2ncccc2-3)C1)C(F)(F)F. The van der Waals surface area contributed by atoms with Crippen molar-refractivity contribution in [1.29, 1.82) is 0 Å². The highest BCUT2D eigenvalue weighted by Gasteiger charge is 2.43. The molecule has 5 heterocycles. The lowest BCUT2D eigenvalue weighted by molar-refractivity contribution is -0.187. The molecular formula is C21H19F3N6O. The molecule has 1 amide bonds. The van der Waals surface area contributed by atoms with Crippen LogP contribution in [-0.4, -0.2) is 50.0 Å². The molecule has 3 aromatic rings. The van der Waals surface area contributed by atoms with Gasteiger partial charge in [-0.15, -0.1) is 0 Å². The molecule has 10 heteroatoms. The molecule has 5 rings (SSSR count). The Labute approximate surface area is 175 Å². The van der Waals surface area contributed by atoms with Crippen molar-refractivity contribution < 1.29 is 18.0 Å². The minimum atomic E-state index is -4.84. The number of aromatic amines is 1. The van der Waals surface area contributed by atoms with Gasteiger partial charge in [0, 0.05) is 43.0 Å². The summed E-state index contributed by atoms with van der Waals surface area (Å²) >= 11 is 0. The van der Waals surface area contributed by atoms with Gasteiger partial charge in [0.25, 0.3) is 0 Å². The number of amides is 1. The Morgan fingerprint density at radius 1 is 1.23 bits per heavy atom. The number of nitrogens with zero attached hydrogens (tertiary/aromatic N) is 4. The topological polar surface area (TPSA) is 86.8 Å². The molecule has 2 aliphatic rings. The predicted molar refractivity (Wildman–Crippen MR) is 107 cm³/mol. The molecule has 0 aliphatic carbocycles. The molecule has 0 bridgehead atoms. The molecular weight excluding hydrogens is 409 g/mol. The summed E-state index contributed by atoms with van der Waals surface area (Å²) in [4.78, 5) is 29.3. The van der Waals surface area contributed by atoms with E-state index in [9.17, 15) is 18.0 Å². The van der Waals surface area contributed by atoms with E-state index in [1.54, 1.807) is 18.6 Å². The second-order valence-electron chi connectivity index (χ2n) is 7.81. The van der Waals surface area contributed by atoms with Crippen molar-refractivity contribution >= 4 is 17.4 Å². The van der Waals surface area contributed by atoms with Crippen LogP contribution in [0.1, 0.15) is 18.7 Å². The lowest BCUT2D eigenvalue weighted by Gasteiger charge is -2.32. The van der Waals surface area contributed by atoms with Crippen LogP contribution in [0.25, 0.3) is 22.5 Å². The maximum Gasteiger partial charge on any atom is 0.471 e. The molecule has 7 nitrogen and oxygen atoms in total. The highest BCUT2D eigenvalue weighted by atomic mass is 19.4. The van der Waals surface area contributed by atoms with Gasteiger partial charge in [0.05, 0.1) is 17.6 Å². The number of likely N-dealkylation sites (tertiary alicyclic amines) is 1. The van der Waals surface area contributed by atoms with Crippen LogP contribution >= 0.6 is 0 Å². The first-order valence-electron chi connectivity index (χ1n) is 10.0. The van der Waals surface area contributed by atoms with E-state index >= 15 is 0 Å². The quantitative estimate of drug-likeness (QED) is 0.505. The molecule has 31 heavy (non-hydrogen) atoms. The average molecular weight is 428 g/mol. The van der Waals surface area contributed by atoms with Gasteiger partial charge in [-0.2, -0.15) is 13.2 Å². The van der Waals surface area contributed by atoms with E-state index in [0.717, 1.165) is 39.5 Å². The summed E-state index contributed by atoms with van der Waals surface area (Å²) in [5.41, 5.74) is 4.05. The number of carbonyl (C=O) groups is 1. The fourth-order valence-electron chi connectivity index (χ4n) is 4.31. The Kier molecular flexibility index (Phi) is 4.64. The molecule has 1 saturated heterocycles. The lowest BCUT2D eigenvalue weighted by Crippen LogP contribution is -2.46. The van der Waals surface area contributed by atoms with Gasteiger partial charge in [-0.1, -0.05) is 0 Å². The van der Waals surface area contributed by atoms with E-state index in [0.29, 0.717) is 24.5 Å². The maximum atomic E-state index is 12.8. The molecule has 0 spiro atoms. The number of hydrogen-bond acceptors (Lipinski definition) is 5. The number of nitrogens with one attached hydrogen (secondary N) is 2. The largest absolute Gasteiger partial charge is 0.471 e. The van der Waals surface area contributed by atoms with Gasteiger partial charge < -0.3 is 15.2 Å². The molecule has 2 N–H and O–H groups in total. The van der Waals surface area contributed by atoms with Crippen molar-refractivity contribution in [2.45, 2.75) is 25.4 Å². The Hall–Kier alpha value is -3.43. The first-order valence-corrected chi connectivity index (χ1v) is 10.0. The minimum absolute atomic E-state index is 0.0733. The summed E-state index contributed by atoms with van der Waals surface area (Å²) in [5, 5.41) is 3.28. The van der Waals surface area contributed by atoms with Crippen molar-refractivity contribution in [1.82, 2.24) is 24.8 Å². The third-order valence-electron chi connectivity index (χ3n) is 5.69. The molecule has 0 saturated carbocycles. The minimum Gasteiger partial charge on any atom is -0.341 e. The summed E-state index contributed by atoms with van der Waals surface area (Å²) in [7, 11) is 0. The third kappa shape index (κ3) is 3.62. The maximum absolute atomic E-state index is 12.8. The third-order valence-corrected chi connectivity index (χ3v) is 5.69. The highest BCUT2D eigenvalue weighted by Crippen LogP contribution is 2.41. The van der Waals surface area contributed by atoms with Gasteiger partial charge in [0.1, 0.15) is 17.3 Å². The van der Waals surface area contributed by atoms with Gasteiger partial charge >= 0.3 is 12.1 Å². The number of rotatable bonds is 2. The van der Waals surface area contributed by atoms with Crippen LogP contribution < -0.4 is 5.32 Å². The van der Waals surface area contributed by atoms with Crippen LogP contribution in [0.5, 0.6) is 0 Å². The lowest BCUT2D eigenvalue weighted by atomic mass is 9.94. The summed E-state index contributed by atoms with van der Waals surface area (Å²) in [5.74, 6) is -0.526. The Balaban J connectivity index is 1.46. The van der Waals surface area contributed by atoms with Crippen molar-refractivity contribution in [3.63, 3.8) is 0 Å². The van der Waals surface area contributed by atoms with E-state index in [4.69, 9.17) is 4.98 Å². The monoisotopic (exact) mass is 428 g/mol.